The monoisotopic (exact) mass is 405 g/mol. The van der Waals surface area contributed by atoms with Crippen LogP contribution < -0.4 is 4.90 Å². The standard InChI is InChI=1S/C21H23N7S/c1-16-6-8-18(9-7-16)28-20(26-11-3-2-4-12-26)24-25-21(28)29-15-17-14-27-13-5-10-22-19(27)23-17/h5-10,13-14H,2-4,11-12,15H2,1H3. The molecule has 0 N–H and O–H groups in total. The van der Waals surface area contributed by atoms with Crippen LogP contribution in [-0.4, -0.2) is 42.2 Å². The number of piperidine rings is 1. The number of imidazole rings is 1. The Morgan fingerprint density at radius 2 is 1.86 bits per heavy atom. The number of rotatable bonds is 5. The van der Waals surface area contributed by atoms with Gasteiger partial charge in [0.2, 0.25) is 11.7 Å². The largest absolute Gasteiger partial charge is 0.341 e. The molecular formula is C21H23N7S. The lowest BCUT2D eigenvalue weighted by Crippen LogP contribution is -2.31. The maximum atomic E-state index is 4.60. The molecule has 148 valence electrons. The van der Waals surface area contributed by atoms with E-state index < -0.39 is 0 Å². The smallest absolute Gasteiger partial charge is 0.233 e. The summed E-state index contributed by atoms with van der Waals surface area (Å²) in [5, 5.41) is 10.0. The first-order chi connectivity index (χ1) is 14.3. The van der Waals surface area contributed by atoms with Gasteiger partial charge in [-0.25, -0.2) is 9.97 Å². The van der Waals surface area contributed by atoms with Crippen LogP contribution in [0.2, 0.25) is 0 Å². The van der Waals surface area contributed by atoms with Crippen molar-refractivity contribution in [2.75, 3.05) is 18.0 Å². The van der Waals surface area contributed by atoms with Crippen molar-refractivity contribution in [1.29, 1.82) is 0 Å². The fourth-order valence-electron chi connectivity index (χ4n) is 3.66. The first-order valence-corrected chi connectivity index (χ1v) is 11.0. The van der Waals surface area contributed by atoms with Crippen LogP contribution in [0, 0.1) is 6.92 Å². The van der Waals surface area contributed by atoms with Crippen molar-refractivity contribution in [2.24, 2.45) is 0 Å². The minimum absolute atomic E-state index is 0.716. The zero-order valence-corrected chi connectivity index (χ0v) is 17.2. The lowest BCUT2D eigenvalue weighted by atomic mass is 10.1. The van der Waals surface area contributed by atoms with Crippen molar-refractivity contribution in [3.05, 3.63) is 60.2 Å². The molecule has 4 aromatic rings. The predicted octanol–water partition coefficient (Wildman–Crippen LogP) is 3.90. The van der Waals surface area contributed by atoms with Crippen LogP contribution in [0.4, 0.5) is 5.95 Å². The molecule has 0 unspecified atom stereocenters. The Bertz CT molecular complexity index is 1080. The summed E-state index contributed by atoms with van der Waals surface area (Å²) in [5.41, 5.74) is 3.32. The van der Waals surface area contributed by atoms with Crippen LogP contribution in [0.25, 0.3) is 11.5 Å². The molecule has 0 bridgehead atoms. The third-order valence-electron chi connectivity index (χ3n) is 5.18. The topological polar surface area (TPSA) is 64.1 Å². The number of aryl methyl sites for hydroxylation is 1. The van der Waals surface area contributed by atoms with E-state index in [1.807, 2.05) is 22.9 Å². The number of benzene rings is 1. The van der Waals surface area contributed by atoms with Gasteiger partial charge in [-0.15, -0.1) is 10.2 Å². The summed E-state index contributed by atoms with van der Waals surface area (Å²) in [6.07, 6.45) is 9.45. The number of anilines is 1. The summed E-state index contributed by atoms with van der Waals surface area (Å²) in [5.74, 6) is 2.37. The summed E-state index contributed by atoms with van der Waals surface area (Å²) in [7, 11) is 0. The van der Waals surface area contributed by atoms with Crippen LogP contribution in [0.3, 0.4) is 0 Å². The highest BCUT2D eigenvalue weighted by molar-refractivity contribution is 7.98. The lowest BCUT2D eigenvalue weighted by molar-refractivity contribution is 0.564. The number of hydrogen-bond acceptors (Lipinski definition) is 6. The molecule has 3 aromatic heterocycles. The number of thioether (sulfide) groups is 1. The van der Waals surface area contributed by atoms with Crippen LogP contribution in [0.15, 0.2) is 54.1 Å². The van der Waals surface area contributed by atoms with Crippen molar-refractivity contribution in [2.45, 2.75) is 37.1 Å². The van der Waals surface area contributed by atoms with Crippen LogP contribution in [0.5, 0.6) is 0 Å². The first kappa shape index (κ1) is 18.2. The quantitative estimate of drug-likeness (QED) is 0.469. The Hall–Kier alpha value is -2.87. The molecule has 1 aromatic carbocycles. The van der Waals surface area contributed by atoms with Crippen molar-refractivity contribution in [3.63, 3.8) is 0 Å². The van der Waals surface area contributed by atoms with E-state index in [1.165, 1.54) is 24.8 Å². The zero-order valence-electron chi connectivity index (χ0n) is 16.4. The van der Waals surface area contributed by atoms with Crippen molar-refractivity contribution < 1.29 is 0 Å². The second kappa shape index (κ2) is 7.87. The molecular weight excluding hydrogens is 382 g/mol. The summed E-state index contributed by atoms with van der Waals surface area (Å²) in [4.78, 5) is 11.3. The second-order valence-corrected chi connectivity index (χ2v) is 8.29. The Morgan fingerprint density at radius 3 is 2.66 bits per heavy atom. The summed E-state index contributed by atoms with van der Waals surface area (Å²) in [6, 6.07) is 10.5. The summed E-state index contributed by atoms with van der Waals surface area (Å²) in [6.45, 7) is 4.17. The van der Waals surface area contributed by atoms with E-state index in [0.717, 1.165) is 41.4 Å². The molecule has 0 atom stereocenters. The lowest BCUT2D eigenvalue weighted by Gasteiger charge is -2.27. The van der Waals surface area contributed by atoms with E-state index in [1.54, 1.807) is 18.0 Å². The molecule has 0 radical (unpaired) electrons. The van der Waals surface area contributed by atoms with Crippen LogP contribution in [-0.2, 0) is 5.75 Å². The third-order valence-corrected chi connectivity index (χ3v) is 6.14. The normalized spacial score (nSPS) is 14.6. The molecule has 7 nitrogen and oxygen atoms in total. The Labute approximate surface area is 173 Å². The van der Waals surface area contributed by atoms with Gasteiger partial charge >= 0.3 is 0 Å². The molecule has 4 heterocycles. The second-order valence-electron chi connectivity index (χ2n) is 7.35. The number of aromatic nitrogens is 6. The van der Waals surface area contributed by atoms with Gasteiger partial charge in [-0.1, -0.05) is 29.5 Å². The van der Waals surface area contributed by atoms with E-state index in [2.05, 4.69) is 60.8 Å². The zero-order chi connectivity index (χ0) is 19.6. The van der Waals surface area contributed by atoms with E-state index in [-0.39, 0.29) is 0 Å². The van der Waals surface area contributed by atoms with Crippen LogP contribution in [0.1, 0.15) is 30.5 Å². The third kappa shape index (κ3) is 3.72. The molecule has 29 heavy (non-hydrogen) atoms. The molecule has 8 heteroatoms. The average Bonchev–Trinajstić information content (AvgIpc) is 3.37. The predicted molar refractivity (Wildman–Crippen MR) is 115 cm³/mol. The van der Waals surface area contributed by atoms with Crippen molar-refractivity contribution >= 4 is 23.5 Å². The Balaban J connectivity index is 1.46. The van der Waals surface area contributed by atoms with Gasteiger partial charge in [0, 0.05) is 37.4 Å². The van der Waals surface area contributed by atoms with Gasteiger partial charge in [0.1, 0.15) is 0 Å². The SMILES string of the molecule is Cc1ccc(-n2c(SCc3cn4cccnc4n3)nnc2N2CCCCC2)cc1. The minimum atomic E-state index is 0.716. The van der Waals surface area contributed by atoms with Gasteiger partial charge < -0.3 is 4.90 Å². The van der Waals surface area contributed by atoms with E-state index in [4.69, 9.17) is 0 Å². The Kier molecular flexibility index (Phi) is 4.93. The first-order valence-electron chi connectivity index (χ1n) is 9.97. The summed E-state index contributed by atoms with van der Waals surface area (Å²) >= 11 is 1.66. The molecule has 0 saturated carbocycles. The fraction of sp³-hybridized carbons (Fsp3) is 0.333. The van der Waals surface area contributed by atoms with Gasteiger partial charge in [0.15, 0.2) is 5.16 Å². The van der Waals surface area contributed by atoms with Gasteiger partial charge in [-0.05, 0) is 44.4 Å². The van der Waals surface area contributed by atoms with Crippen molar-refractivity contribution in [1.82, 2.24) is 29.1 Å². The van der Waals surface area contributed by atoms with Gasteiger partial charge in [-0.2, -0.15) is 0 Å². The number of fused-ring (bicyclic) bond motifs is 1. The average molecular weight is 406 g/mol. The minimum Gasteiger partial charge on any atom is -0.341 e. The number of hydrogen-bond donors (Lipinski definition) is 0. The maximum Gasteiger partial charge on any atom is 0.233 e. The van der Waals surface area contributed by atoms with E-state index >= 15 is 0 Å². The van der Waals surface area contributed by atoms with E-state index in [9.17, 15) is 0 Å². The van der Waals surface area contributed by atoms with Gasteiger partial charge in [0.25, 0.3) is 0 Å². The molecule has 0 spiro atoms. The maximum absolute atomic E-state index is 4.60. The molecule has 5 rings (SSSR count). The molecule has 1 aliphatic heterocycles. The molecule has 1 saturated heterocycles. The molecule has 1 aliphatic rings. The molecule has 0 aliphatic carbocycles. The van der Waals surface area contributed by atoms with Gasteiger partial charge in [-0.3, -0.25) is 8.97 Å². The Morgan fingerprint density at radius 1 is 1.03 bits per heavy atom. The molecule has 0 amide bonds. The highest BCUT2D eigenvalue weighted by atomic mass is 32.2. The highest BCUT2D eigenvalue weighted by Gasteiger charge is 2.21. The van der Waals surface area contributed by atoms with Crippen LogP contribution >= 0.6 is 11.8 Å². The van der Waals surface area contributed by atoms with Gasteiger partial charge in [0.05, 0.1) is 11.4 Å². The van der Waals surface area contributed by atoms with E-state index in [0.29, 0.717) is 5.75 Å². The fourth-order valence-corrected chi connectivity index (χ4v) is 4.49. The van der Waals surface area contributed by atoms with Crippen molar-refractivity contribution in [3.8, 4) is 5.69 Å². The summed E-state index contributed by atoms with van der Waals surface area (Å²) < 4.78 is 4.13. The highest BCUT2D eigenvalue weighted by Crippen LogP contribution is 2.30. The number of nitrogens with zero attached hydrogens (tertiary/aromatic N) is 7. The molecule has 1 fully saturated rings.